The van der Waals surface area contributed by atoms with Crippen molar-refractivity contribution < 1.29 is 14.3 Å². The Morgan fingerprint density at radius 1 is 1.45 bits per heavy atom. The fourth-order valence-corrected chi connectivity index (χ4v) is 1.58. The first kappa shape index (κ1) is 15.7. The minimum atomic E-state index is -0.302. The van der Waals surface area contributed by atoms with E-state index < -0.39 is 0 Å². The van der Waals surface area contributed by atoms with E-state index in [4.69, 9.17) is 10.00 Å². The molecule has 6 nitrogen and oxygen atoms in total. The summed E-state index contributed by atoms with van der Waals surface area (Å²) in [5, 5.41) is 11.4. The third-order valence-electron chi connectivity index (χ3n) is 2.59. The molecule has 0 heterocycles. The van der Waals surface area contributed by atoms with Crippen LogP contribution in [0.2, 0.25) is 0 Å². The standard InChI is InChI=1S/C14H17N3O3/c1-17(10-13(18)16-6-7-20-2)14(19)12-5-3-4-11(8-12)9-15/h3-5,8H,6-7,10H2,1-2H3,(H,16,18). The van der Waals surface area contributed by atoms with Crippen molar-refractivity contribution in [1.82, 2.24) is 10.2 Å². The number of methoxy groups -OCH3 is 1. The monoisotopic (exact) mass is 275 g/mol. The van der Waals surface area contributed by atoms with E-state index in [0.717, 1.165) is 0 Å². The van der Waals surface area contributed by atoms with Crippen LogP contribution in [0.4, 0.5) is 0 Å². The van der Waals surface area contributed by atoms with Crippen LogP contribution in [0, 0.1) is 11.3 Å². The lowest BCUT2D eigenvalue weighted by atomic mass is 10.1. The average molecular weight is 275 g/mol. The molecular weight excluding hydrogens is 258 g/mol. The molecule has 0 saturated heterocycles. The van der Waals surface area contributed by atoms with Gasteiger partial charge in [-0.2, -0.15) is 5.26 Å². The second-order valence-electron chi connectivity index (χ2n) is 4.20. The Morgan fingerprint density at radius 2 is 2.20 bits per heavy atom. The molecule has 0 bridgehead atoms. The van der Waals surface area contributed by atoms with Crippen LogP contribution in [0.25, 0.3) is 0 Å². The summed E-state index contributed by atoms with van der Waals surface area (Å²) >= 11 is 0. The van der Waals surface area contributed by atoms with Crippen LogP contribution in [-0.4, -0.2) is 50.6 Å². The summed E-state index contributed by atoms with van der Waals surface area (Å²) in [6, 6.07) is 8.34. The number of amides is 2. The summed E-state index contributed by atoms with van der Waals surface area (Å²) in [4.78, 5) is 25.0. The second-order valence-corrected chi connectivity index (χ2v) is 4.20. The SMILES string of the molecule is COCCNC(=O)CN(C)C(=O)c1cccc(C#N)c1. The number of carbonyl (C=O) groups excluding carboxylic acids is 2. The van der Waals surface area contributed by atoms with Crippen molar-refractivity contribution in [3.8, 4) is 6.07 Å². The highest BCUT2D eigenvalue weighted by atomic mass is 16.5. The number of hydrogen-bond donors (Lipinski definition) is 1. The van der Waals surface area contributed by atoms with E-state index >= 15 is 0 Å². The molecule has 0 aromatic heterocycles. The lowest BCUT2D eigenvalue weighted by Crippen LogP contribution is -2.39. The number of hydrogen-bond acceptors (Lipinski definition) is 4. The van der Waals surface area contributed by atoms with Gasteiger partial charge < -0.3 is 15.0 Å². The lowest BCUT2D eigenvalue weighted by molar-refractivity contribution is -0.121. The molecule has 6 heteroatoms. The number of carbonyl (C=O) groups is 2. The van der Waals surface area contributed by atoms with Crippen LogP contribution in [0.5, 0.6) is 0 Å². The molecule has 0 atom stereocenters. The molecular formula is C14H17N3O3. The quantitative estimate of drug-likeness (QED) is 0.761. The van der Waals surface area contributed by atoms with Gasteiger partial charge in [0.05, 0.1) is 24.8 Å². The summed E-state index contributed by atoms with van der Waals surface area (Å²) in [6.45, 7) is 0.786. The smallest absolute Gasteiger partial charge is 0.254 e. The molecule has 0 aliphatic rings. The maximum Gasteiger partial charge on any atom is 0.254 e. The van der Waals surface area contributed by atoms with Gasteiger partial charge in [0.15, 0.2) is 0 Å². The molecule has 0 saturated carbocycles. The maximum absolute atomic E-state index is 12.1. The van der Waals surface area contributed by atoms with Gasteiger partial charge in [-0.3, -0.25) is 9.59 Å². The first-order chi connectivity index (χ1) is 9.58. The van der Waals surface area contributed by atoms with Gasteiger partial charge in [-0.05, 0) is 18.2 Å². The van der Waals surface area contributed by atoms with Crippen molar-refractivity contribution in [2.24, 2.45) is 0 Å². The van der Waals surface area contributed by atoms with E-state index in [0.29, 0.717) is 24.3 Å². The van der Waals surface area contributed by atoms with Crippen molar-refractivity contribution in [3.63, 3.8) is 0 Å². The van der Waals surface area contributed by atoms with Crippen molar-refractivity contribution in [3.05, 3.63) is 35.4 Å². The van der Waals surface area contributed by atoms with Gasteiger partial charge in [0.1, 0.15) is 0 Å². The maximum atomic E-state index is 12.1. The molecule has 0 radical (unpaired) electrons. The third kappa shape index (κ3) is 4.71. The number of nitriles is 1. The molecule has 0 unspecified atom stereocenters. The van der Waals surface area contributed by atoms with Crippen LogP contribution in [0.3, 0.4) is 0 Å². The summed E-state index contributed by atoms with van der Waals surface area (Å²) in [6.07, 6.45) is 0. The van der Waals surface area contributed by atoms with E-state index in [1.54, 1.807) is 25.3 Å². The molecule has 1 rings (SSSR count). The topological polar surface area (TPSA) is 82.4 Å². The normalized spacial score (nSPS) is 9.65. The molecule has 0 aliphatic carbocycles. The molecule has 2 amide bonds. The number of likely N-dealkylation sites (N-methyl/N-ethyl adjacent to an activating group) is 1. The summed E-state index contributed by atoms with van der Waals surface area (Å²) in [5.41, 5.74) is 0.796. The zero-order chi connectivity index (χ0) is 15.0. The van der Waals surface area contributed by atoms with E-state index in [2.05, 4.69) is 5.32 Å². The van der Waals surface area contributed by atoms with Crippen molar-refractivity contribution >= 4 is 11.8 Å². The van der Waals surface area contributed by atoms with Gasteiger partial charge in [0.25, 0.3) is 5.91 Å². The van der Waals surface area contributed by atoms with Crippen molar-refractivity contribution in [2.45, 2.75) is 0 Å². The zero-order valence-corrected chi connectivity index (χ0v) is 11.5. The van der Waals surface area contributed by atoms with Gasteiger partial charge in [-0.15, -0.1) is 0 Å². The first-order valence-electron chi connectivity index (χ1n) is 6.09. The number of rotatable bonds is 6. The van der Waals surface area contributed by atoms with Crippen LogP contribution >= 0.6 is 0 Å². The van der Waals surface area contributed by atoms with Gasteiger partial charge in [0, 0.05) is 26.3 Å². The van der Waals surface area contributed by atoms with Gasteiger partial charge in [-0.1, -0.05) is 6.07 Å². The highest BCUT2D eigenvalue weighted by Crippen LogP contribution is 2.06. The van der Waals surface area contributed by atoms with E-state index in [-0.39, 0.29) is 18.4 Å². The van der Waals surface area contributed by atoms with Crippen LogP contribution < -0.4 is 5.32 Å². The molecule has 1 aromatic rings. The predicted molar refractivity (Wildman–Crippen MR) is 73.0 cm³/mol. The minimum absolute atomic E-state index is 0.0423. The van der Waals surface area contributed by atoms with Crippen molar-refractivity contribution in [2.75, 3.05) is 33.9 Å². The highest BCUT2D eigenvalue weighted by Gasteiger charge is 2.14. The second kappa shape index (κ2) is 7.92. The van der Waals surface area contributed by atoms with Gasteiger partial charge in [0.2, 0.25) is 5.91 Å². The Kier molecular flexibility index (Phi) is 6.20. The van der Waals surface area contributed by atoms with E-state index in [1.807, 2.05) is 6.07 Å². The largest absolute Gasteiger partial charge is 0.383 e. The number of nitrogens with zero attached hydrogens (tertiary/aromatic N) is 2. The number of nitrogens with one attached hydrogen (secondary N) is 1. The average Bonchev–Trinajstić information content (AvgIpc) is 2.46. The molecule has 1 aromatic carbocycles. The first-order valence-corrected chi connectivity index (χ1v) is 6.09. The Hall–Kier alpha value is -2.39. The molecule has 0 aliphatic heterocycles. The van der Waals surface area contributed by atoms with Crippen LogP contribution in [0.15, 0.2) is 24.3 Å². The Labute approximate surface area is 117 Å². The lowest BCUT2D eigenvalue weighted by Gasteiger charge is -2.16. The summed E-state index contributed by atoms with van der Waals surface area (Å²) in [7, 11) is 3.08. The Morgan fingerprint density at radius 3 is 2.85 bits per heavy atom. The molecule has 20 heavy (non-hydrogen) atoms. The summed E-state index contributed by atoms with van der Waals surface area (Å²) < 4.78 is 4.81. The van der Waals surface area contributed by atoms with E-state index in [9.17, 15) is 9.59 Å². The minimum Gasteiger partial charge on any atom is -0.383 e. The van der Waals surface area contributed by atoms with Gasteiger partial charge >= 0.3 is 0 Å². The fraction of sp³-hybridized carbons (Fsp3) is 0.357. The zero-order valence-electron chi connectivity index (χ0n) is 11.5. The molecule has 106 valence electrons. The van der Waals surface area contributed by atoms with E-state index in [1.165, 1.54) is 18.0 Å². The molecule has 1 N–H and O–H groups in total. The Balaban J connectivity index is 2.58. The van der Waals surface area contributed by atoms with Crippen LogP contribution in [-0.2, 0) is 9.53 Å². The van der Waals surface area contributed by atoms with Crippen LogP contribution in [0.1, 0.15) is 15.9 Å². The molecule has 0 fully saturated rings. The number of ether oxygens (including phenoxy) is 1. The number of benzene rings is 1. The predicted octanol–water partition coefficient (Wildman–Crippen LogP) is 0.393. The summed E-state index contributed by atoms with van der Waals surface area (Å²) in [5.74, 6) is -0.557. The highest BCUT2D eigenvalue weighted by molar-refractivity contribution is 5.96. The third-order valence-corrected chi connectivity index (χ3v) is 2.59. The Bertz CT molecular complexity index is 523. The fourth-order valence-electron chi connectivity index (χ4n) is 1.58. The molecule has 0 spiro atoms. The van der Waals surface area contributed by atoms with Crippen molar-refractivity contribution in [1.29, 1.82) is 5.26 Å². The van der Waals surface area contributed by atoms with Gasteiger partial charge in [-0.25, -0.2) is 0 Å².